The first-order valence-corrected chi connectivity index (χ1v) is 13.7. The number of amides is 1. The molecule has 1 N–H and O–H groups in total. The molecule has 3 aromatic rings. The monoisotopic (exact) mass is 540 g/mol. The molecule has 34 heavy (non-hydrogen) atoms. The highest BCUT2D eigenvalue weighted by Gasteiger charge is 2.27. The molecule has 180 valence electrons. The van der Waals surface area contributed by atoms with Crippen LogP contribution in [0.1, 0.15) is 11.1 Å². The fourth-order valence-corrected chi connectivity index (χ4v) is 5.85. The minimum Gasteiger partial charge on any atom is -0.354 e. The summed E-state index contributed by atoms with van der Waals surface area (Å²) in [6.07, 6.45) is 0. The third kappa shape index (κ3) is 7.12. The second-order valence-corrected chi connectivity index (χ2v) is 11.3. The maximum Gasteiger partial charge on any atom is 0.264 e. The SMILES string of the molecule is Cc1ccc(S(=O)(=O)N(CC(=O)NCCSCc2ccccc2F)c2cc(Cl)cc(Cl)c2)cc1. The third-order valence-electron chi connectivity index (χ3n) is 4.82. The Morgan fingerprint density at radius 2 is 1.68 bits per heavy atom. The van der Waals surface area contributed by atoms with E-state index in [-0.39, 0.29) is 26.4 Å². The molecule has 1 amide bonds. The predicted octanol–water partition coefficient (Wildman–Crippen LogP) is 5.69. The van der Waals surface area contributed by atoms with E-state index in [4.69, 9.17) is 23.2 Å². The fraction of sp³-hybridized carbons (Fsp3) is 0.208. The van der Waals surface area contributed by atoms with Crippen LogP contribution in [0, 0.1) is 12.7 Å². The number of rotatable bonds is 10. The molecule has 3 aromatic carbocycles. The molecule has 0 aliphatic heterocycles. The first kappa shape index (κ1) is 26.3. The maximum absolute atomic E-state index is 13.7. The lowest BCUT2D eigenvalue weighted by Gasteiger charge is -2.24. The quantitative estimate of drug-likeness (QED) is 0.335. The topological polar surface area (TPSA) is 66.5 Å². The van der Waals surface area contributed by atoms with Gasteiger partial charge in [-0.3, -0.25) is 9.10 Å². The number of nitrogens with zero attached hydrogens (tertiary/aromatic N) is 1. The normalized spacial score (nSPS) is 11.3. The van der Waals surface area contributed by atoms with E-state index in [0.717, 1.165) is 9.87 Å². The van der Waals surface area contributed by atoms with E-state index < -0.39 is 22.5 Å². The van der Waals surface area contributed by atoms with Crippen molar-refractivity contribution < 1.29 is 17.6 Å². The van der Waals surface area contributed by atoms with Gasteiger partial charge in [-0.15, -0.1) is 0 Å². The number of carbonyl (C=O) groups is 1. The molecule has 0 fully saturated rings. The summed E-state index contributed by atoms with van der Waals surface area (Å²) < 4.78 is 41.5. The van der Waals surface area contributed by atoms with Crippen molar-refractivity contribution in [2.45, 2.75) is 17.6 Å². The van der Waals surface area contributed by atoms with Crippen molar-refractivity contribution >= 4 is 56.6 Å². The summed E-state index contributed by atoms with van der Waals surface area (Å²) in [6, 6.07) is 17.2. The number of sulfonamides is 1. The number of nitrogens with one attached hydrogen (secondary N) is 1. The molecular weight excluding hydrogens is 518 g/mol. The third-order valence-corrected chi connectivity index (χ3v) is 8.05. The molecule has 0 spiro atoms. The van der Waals surface area contributed by atoms with Gasteiger partial charge in [-0.1, -0.05) is 59.1 Å². The van der Waals surface area contributed by atoms with Crippen molar-refractivity contribution in [2.75, 3.05) is 23.1 Å². The van der Waals surface area contributed by atoms with E-state index >= 15 is 0 Å². The van der Waals surface area contributed by atoms with Crippen molar-refractivity contribution in [3.05, 3.63) is 93.7 Å². The van der Waals surface area contributed by atoms with Gasteiger partial charge in [0.25, 0.3) is 10.0 Å². The van der Waals surface area contributed by atoms with Crippen LogP contribution in [0.15, 0.2) is 71.6 Å². The van der Waals surface area contributed by atoms with Gasteiger partial charge >= 0.3 is 0 Å². The molecule has 0 aliphatic rings. The number of hydrogen-bond donors (Lipinski definition) is 1. The van der Waals surface area contributed by atoms with Crippen molar-refractivity contribution in [3.63, 3.8) is 0 Å². The fourth-order valence-electron chi connectivity index (χ4n) is 3.08. The van der Waals surface area contributed by atoms with Gasteiger partial charge in [-0.25, -0.2) is 12.8 Å². The molecular formula is C24H23Cl2FN2O3S2. The lowest BCUT2D eigenvalue weighted by Crippen LogP contribution is -2.41. The van der Waals surface area contributed by atoms with Gasteiger partial charge < -0.3 is 5.32 Å². The molecule has 3 rings (SSSR count). The molecule has 5 nitrogen and oxygen atoms in total. The average molecular weight is 541 g/mol. The van der Waals surface area contributed by atoms with E-state index in [0.29, 0.717) is 23.6 Å². The highest BCUT2D eigenvalue weighted by atomic mass is 35.5. The highest BCUT2D eigenvalue weighted by Crippen LogP contribution is 2.29. The zero-order valence-corrected chi connectivity index (χ0v) is 21.4. The van der Waals surface area contributed by atoms with E-state index in [2.05, 4.69) is 5.32 Å². The highest BCUT2D eigenvalue weighted by molar-refractivity contribution is 7.98. The molecule has 10 heteroatoms. The molecule has 0 saturated carbocycles. The molecule has 0 aromatic heterocycles. The van der Waals surface area contributed by atoms with Gasteiger partial charge in [0.1, 0.15) is 12.4 Å². The van der Waals surface area contributed by atoms with Gasteiger partial charge in [-0.05, 0) is 48.9 Å². The van der Waals surface area contributed by atoms with Crippen LogP contribution in [-0.2, 0) is 20.6 Å². The molecule has 0 radical (unpaired) electrons. The first-order valence-electron chi connectivity index (χ1n) is 10.3. The lowest BCUT2D eigenvalue weighted by molar-refractivity contribution is -0.119. The molecule has 0 atom stereocenters. The zero-order valence-electron chi connectivity index (χ0n) is 18.3. The zero-order chi connectivity index (χ0) is 24.7. The Labute approximate surface area is 213 Å². The summed E-state index contributed by atoms with van der Waals surface area (Å²) in [4.78, 5) is 12.7. The second kappa shape index (κ2) is 11.9. The second-order valence-electron chi connectivity index (χ2n) is 7.45. The predicted molar refractivity (Wildman–Crippen MR) is 138 cm³/mol. The maximum atomic E-state index is 13.7. The van der Waals surface area contributed by atoms with Crippen molar-refractivity contribution in [2.24, 2.45) is 0 Å². The average Bonchev–Trinajstić information content (AvgIpc) is 2.78. The summed E-state index contributed by atoms with van der Waals surface area (Å²) in [5.74, 6) is 0.250. The summed E-state index contributed by atoms with van der Waals surface area (Å²) in [7, 11) is -4.07. The molecule has 0 saturated heterocycles. The summed E-state index contributed by atoms with van der Waals surface area (Å²) in [5, 5.41) is 3.21. The standard InChI is InChI=1S/C24H23Cl2FN2O3S2/c1-17-6-8-22(9-7-17)34(31,32)29(21-13-19(25)12-20(26)14-21)15-24(30)28-10-11-33-16-18-4-2-3-5-23(18)27/h2-9,12-14H,10-11,15-16H2,1H3,(H,28,30). The van der Waals surface area contributed by atoms with Crippen LogP contribution >= 0.6 is 35.0 Å². The minimum atomic E-state index is -4.07. The number of hydrogen-bond acceptors (Lipinski definition) is 4. The number of thioether (sulfide) groups is 1. The smallest absolute Gasteiger partial charge is 0.264 e. The Morgan fingerprint density at radius 1 is 1.03 bits per heavy atom. The van der Waals surface area contributed by atoms with Crippen LogP contribution in [0.3, 0.4) is 0 Å². The van der Waals surface area contributed by atoms with Crippen LogP contribution < -0.4 is 9.62 Å². The van der Waals surface area contributed by atoms with Gasteiger partial charge in [0.05, 0.1) is 10.6 Å². The minimum absolute atomic E-state index is 0.0439. The van der Waals surface area contributed by atoms with E-state index in [1.54, 1.807) is 30.3 Å². The Morgan fingerprint density at radius 3 is 2.32 bits per heavy atom. The lowest BCUT2D eigenvalue weighted by atomic mass is 10.2. The first-order chi connectivity index (χ1) is 16.2. The van der Waals surface area contributed by atoms with Crippen LogP contribution in [0.2, 0.25) is 10.0 Å². The van der Waals surface area contributed by atoms with Crippen molar-refractivity contribution in [1.82, 2.24) is 5.32 Å². The number of aryl methyl sites for hydroxylation is 1. The van der Waals surface area contributed by atoms with Crippen LogP contribution in [0.4, 0.5) is 10.1 Å². The Bertz CT molecular complexity index is 1240. The molecule has 0 bridgehead atoms. The largest absolute Gasteiger partial charge is 0.354 e. The number of halogens is 3. The van der Waals surface area contributed by atoms with E-state index in [9.17, 15) is 17.6 Å². The van der Waals surface area contributed by atoms with Gasteiger partial charge in [-0.2, -0.15) is 11.8 Å². The Kier molecular flexibility index (Phi) is 9.24. The van der Waals surface area contributed by atoms with E-state index in [1.807, 2.05) is 6.92 Å². The van der Waals surface area contributed by atoms with E-state index in [1.165, 1.54) is 48.2 Å². The van der Waals surface area contributed by atoms with Gasteiger partial charge in [0.15, 0.2) is 0 Å². The van der Waals surface area contributed by atoms with Crippen molar-refractivity contribution in [1.29, 1.82) is 0 Å². The van der Waals surface area contributed by atoms with Gasteiger partial charge in [0, 0.05) is 28.1 Å². The van der Waals surface area contributed by atoms with Gasteiger partial charge in [0.2, 0.25) is 5.91 Å². The van der Waals surface area contributed by atoms with Crippen LogP contribution in [0.5, 0.6) is 0 Å². The molecule has 0 aliphatic carbocycles. The van der Waals surface area contributed by atoms with Crippen molar-refractivity contribution in [3.8, 4) is 0 Å². The number of benzene rings is 3. The number of carbonyl (C=O) groups excluding carboxylic acids is 1. The molecule has 0 unspecified atom stereocenters. The summed E-state index contributed by atoms with van der Waals surface area (Å²) in [6.45, 7) is 1.69. The van der Waals surface area contributed by atoms with Crippen LogP contribution in [0.25, 0.3) is 0 Å². The number of anilines is 1. The molecule has 0 heterocycles. The summed E-state index contributed by atoms with van der Waals surface area (Å²) in [5.41, 5.74) is 1.68. The van der Waals surface area contributed by atoms with Crippen LogP contribution in [-0.4, -0.2) is 33.2 Å². The Hall–Kier alpha value is -2.26. The summed E-state index contributed by atoms with van der Waals surface area (Å²) >= 11 is 13.6. The Balaban J connectivity index is 1.69.